The molecule has 2 aromatic rings. The minimum Gasteiger partial charge on any atom is -0.271 e. The van der Waals surface area contributed by atoms with E-state index in [4.69, 9.17) is 11.6 Å². The van der Waals surface area contributed by atoms with Gasteiger partial charge in [-0.2, -0.15) is 10.2 Å². The Morgan fingerprint density at radius 3 is 2.73 bits per heavy atom. The van der Waals surface area contributed by atoms with Crippen LogP contribution < -0.4 is 5.43 Å². The molecule has 6 heteroatoms. The Kier molecular flexibility index (Phi) is 5.72. The summed E-state index contributed by atoms with van der Waals surface area (Å²) in [6.07, 6.45) is 3.38. The van der Waals surface area contributed by atoms with E-state index in [1.807, 2.05) is 32.0 Å². The summed E-state index contributed by atoms with van der Waals surface area (Å²) in [5.74, 6) is -0.224. The molecule has 0 aliphatic heterocycles. The summed E-state index contributed by atoms with van der Waals surface area (Å²) in [4.78, 5) is 11.8. The molecule has 1 amide bonds. The molecule has 0 bridgehead atoms. The van der Waals surface area contributed by atoms with Crippen LogP contribution in [0.5, 0.6) is 0 Å². The molecule has 5 nitrogen and oxygen atoms in total. The van der Waals surface area contributed by atoms with Crippen LogP contribution in [0.25, 0.3) is 0 Å². The fraction of sp³-hybridized carbons (Fsp3) is 0.312. The van der Waals surface area contributed by atoms with Crippen molar-refractivity contribution in [2.75, 3.05) is 0 Å². The van der Waals surface area contributed by atoms with Crippen LogP contribution in [-0.2, 0) is 17.8 Å². The highest BCUT2D eigenvalue weighted by Crippen LogP contribution is 2.18. The van der Waals surface area contributed by atoms with E-state index < -0.39 is 0 Å². The van der Waals surface area contributed by atoms with Crippen molar-refractivity contribution >= 4 is 23.7 Å². The fourth-order valence-electron chi connectivity index (χ4n) is 2.06. The highest BCUT2D eigenvalue weighted by atomic mass is 35.5. The number of nitrogens with one attached hydrogen (secondary N) is 1. The molecule has 1 aromatic heterocycles. The number of amides is 1. The molecule has 0 saturated heterocycles. The van der Waals surface area contributed by atoms with E-state index in [2.05, 4.69) is 27.8 Å². The predicted molar refractivity (Wildman–Crippen MR) is 88.1 cm³/mol. The van der Waals surface area contributed by atoms with Gasteiger partial charge in [0.15, 0.2) is 0 Å². The van der Waals surface area contributed by atoms with E-state index in [9.17, 15) is 4.79 Å². The maximum Gasteiger partial charge on any atom is 0.261 e. The molecule has 0 unspecified atom stereocenters. The lowest BCUT2D eigenvalue weighted by atomic mass is 10.1. The molecule has 0 saturated carbocycles. The van der Waals surface area contributed by atoms with Gasteiger partial charge in [0.05, 0.1) is 16.4 Å². The predicted octanol–water partition coefficient (Wildman–Crippen LogP) is 2.89. The summed E-state index contributed by atoms with van der Waals surface area (Å²) in [5.41, 5.74) is 5.25. The van der Waals surface area contributed by atoms with E-state index in [1.165, 1.54) is 5.56 Å². The average Bonchev–Trinajstić information content (AvgIpc) is 2.75. The third kappa shape index (κ3) is 4.43. The topological polar surface area (TPSA) is 59.3 Å². The highest BCUT2D eigenvalue weighted by Gasteiger charge is 2.11. The Balaban J connectivity index is 1.75. The van der Waals surface area contributed by atoms with Gasteiger partial charge in [-0.3, -0.25) is 9.48 Å². The number of rotatable bonds is 6. The molecule has 1 heterocycles. The number of aryl methyl sites for hydroxylation is 2. The van der Waals surface area contributed by atoms with E-state index in [-0.39, 0.29) is 12.5 Å². The second kappa shape index (κ2) is 7.75. The average molecular weight is 319 g/mol. The number of benzene rings is 1. The van der Waals surface area contributed by atoms with Crippen LogP contribution in [0.1, 0.15) is 23.4 Å². The van der Waals surface area contributed by atoms with Crippen molar-refractivity contribution in [3.8, 4) is 0 Å². The zero-order valence-corrected chi connectivity index (χ0v) is 13.5. The summed E-state index contributed by atoms with van der Waals surface area (Å²) in [6.45, 7) is 3.75. The van der Waals surface area contributed by atoms with Gasteiger partial charge in [-0.05, 0) is 32.3 Å². The van der Waals surface area contributed by atoms with Crippen molar-refractivity contribution in [3.05, 3.63) is 52.3 Å². The maximum absolute atomic E-state index is 11.8. The lowest BCUT2D eigenvalue weighted by molar-refractivity contribution is -0.121. The van der Waals surface area contributed by atoms with Crippen LogP contribution in [0, 0.1) is 13.8 Å². The second-order valence-corrected chi connectivity index (χ2v) is 5.39. The normalized spacial score (nSPS) is 11.0. The first-order chi connectivity index (χ1) is 10.6. The van der Waals surface area contributed by atoms with Gasteiger partial charge in [-0.15, -0.1) is 0 Å². The zero-order chi connectivity index (χ0) is 15.9. The summed E-state index contributed by atoms with van der Waals surface area (Å²) < 4.78 is 1.58. The van der Waals surface area contributed by atoms with Gasteiger partial charge < -0.3 is 0 Å². The molecule has 0 fully saturated rings. The molecule has 22 heavy (non-hydrogen) atoms. The van der Waals surface area contributed by atoms with Crippen molar-refractivity contribution < 1.29 is 4.79 Å². The number of aromatic nitrogens is 2. The van der Waals surface area contributed by atoms with Crippen molar-refractivity contribution in [1.82, 2.24) is 15.2 Å². The largest absolute Gasteiger partial charge is 0.271 e. The lowest BCUT2D eigenvalue weighted by Gasteiger charge is -2.03. The number of carbonyl (C=O) groups excluding carboxylic acids is 1. The minimum atomic E-state index is -0.224. The van der Waals surface area contributed by atoms with Crippen LogP contribution >= 0.6 is 11.6 Å². The van der Waals surface area contributed by atoms with Crippen LogP contribution in [0.15, 0.2) is 35.4 Å². The Labute approximate surface area is 135 Å². The first-order valence-corrected chi connectivity index (χ1v) is 7.49. The van der Waals surface area contributed by atoms with Gasteiger partial charge in [0.1, 0.15) is 6.54 Å². The minimum absolute atomic E-state index is 0.107. The fourth-order valence-corrected chi connectivity index (χ4v) is 2.19. The second-order valence-electron chi connectivity index (χ2n) is 5.01. The molecule has 1 aromatic carbocycles. The van der Waals surface area contributed by atoms with Crippen molar-refractivity contribution in [3.63, 3.8) is 0 Å². The van der Waals surface area contributed by atoms with Gasteiger partial charge in [0.2, 0.25) is 0 Å². The first kappa shape index (κ1) is 16.2. The molecule has 0 atom stereocenters. The quantitative estimate of drug-likeness (QED) is 0.657. The molecular formula is C16H19ClN4O. The number of hydrogen-bond acceptors (Lipinski definition) is 3. The molecule has 2 rings (SSSR count). The summed E-state index contributed by atoms with van der Waals surface area (Å²) in [6, 6.07) is 10.1. The number of hydrazone groups is 1. The Hall–Kier alpha value is -2.14. The van der Waals surface area contributed by atoms with Crippen molar-refractivity contribution in [2.24, 2.45) is 5.10 Å². The van der Waals surface area contributed by atoms with Crippen LogP contribution in [0.4, 0.5) is 0 Å². The molecule has 0 spiro atoms. The standard InChI is InChI=1S/C16H19ClN4O/c1-12-16(17)13(2)21(20-12)11-15(22)19-18-10-6-9-14-7-4-3-5-8-14/h3-5,7-8,10H,6,9,11H2,1-2H3,(H,19,22). The Morgan fingerprint density at radius 1 is 1.36 bits per heavy atom. The van der Waals surface area contributed by atoms with Gasteiger partial charge in [0, 0.05) is 6.21 Å². The van der Waals surface area contributed by atoms with Gasteiger partial charge in [-0.25, -0.2) is 5.43 Å². The first-order valence-electron chi connectivity index (χ1n) is 7.11. The summed E-state index contributed by atoms with van der Waals surface area (Å²) in [5, 5.41) is 8.75. The lowest BCUT2D eigenvalue weighted by Crippen LogP contribution is -2.24. The third-order valence-corrected chi connectivity index (χ3v) is 3.82. The van der Waals surface area contributed by atoms with Crippen molar-refractivity contribution in [1.29, 1.82) is 0 Å². The number of nitrogens with zero attached hydrogens (tertiary/aromatic N) is 3. The number of halogens is 1. The third-order valence-electron chi connectivity index (χ3n) is 3.27. The van der Waals surface area contributed by atoms with Crippen LogP contribution in [0.3, 0.4) is 0 Å². The van der Waals surface area contributed by atoms with Gasteiger partial charge in [0.25, 0.3) is 5.91 Å². The molecule has 0 aliphatic rings. The highest BCUT2D eigenvalue weighted by molar-refractivity contribution is 6.31. The van der Waals surface area contributed by atoms with Crippen LogP contribution in [-0.4, -0.2) is 21.9 Å². The molecular weight excluding hydrogens is 300 g/mol. The molecule has 116 valence electrons. The van der Waals surface area contributed by atoms with E-state index in [0.29, 0.717) is 5.02 Å². The Bertz CT molecular complexity index is 664. The van der Waals surface area contributed by atoms with E-state index in [0.717, 1.165) is 24.2 Å². The Morgan fingerprint density at radius 2 is 2.09 bits per heavy atom. The maximum atomic E-state index is 11.8. The van der Waals surface area contributed by atoms with E-state index >= 15 is 0 Å². The summed E-state index contributed by atoms with van der Waals surface area (Å²) >= 11 is 6.04. The van der Waals surface area contributed by atoms with Crippen molar-refractivity contribution in [2.45, 2.75) is 33.2 Å². The number of carbonyl (C=O) groups is 1. The van der Waals surface area contributed by atoms with Gasteiger partial charge >= 0.3 is 0 Å². The SMILES string of the molecule is Cc1nn(CC(=O)NN=CCCc2ccccc2)c(C)c1Cl. The monoisotopic (exact) mass is 318 g/mol. The molecule has 0 aliphatic carbocycles. The van der Waals surface area contributed by atoms with E-state index in [1.54, 1.807) is 10.9 Å². The smallest absolute Gasteiger partial charge is 0.261 e. The van der Waals surface area contributed by atoms with Crippen LogP contribution in [0.2, 0.25) is 5.02 Å². The summed E-state index contributed by atoms with van der Waals surface area (Å²) in [7, 11) is 0. The van der Waals surface area contributed by atoms with Gasteiger partial charge in [-0.1, -0.05) is 41.9 Å². The zero-order valence-electron chi connectivity index (χ0n) is 12.7. The molecule has 1 N–H and O–H groups in total. The number of hydrogen-bond donors (Lipinski definition) is 1. The molecule has 0 radical (unpaired) electrons.